The molecule has 3 aromatic carbocycles. The quantitative estimate of drug-likeness (QED) is 0.453. The number of amides is 1. The third-order valence-electron chi connectivity index (χ3n) is 4.22. The predicted molar refractivity (Wildman–Crippen MR) is 121 cm³/mol. The molecule has 0 aliphatic heterocycles. The molecule has 1 amide bonds. The molecule has 0 saturated carbocycles. The van der Waals surface area contributed by atoms with Crippen molar-refractivity contribution in [3.63, 3.8) is 0 Å². The molecule has 0 spiro atoms. The molecule has 5 nitrogen and oxygen atoms in total. The SMILES string of the molecule is O=C(CC(NS(=O)(=O)c1ccc(Cl)cc1)c1ccccc1)Nc1ccc(Cl)cc1Cl. The molecule has 9 heteroatoms. The molecule has 0 fully saturated rings. The van der Waals surface area contributed by atoms with Crippen molar-refractivity contribution in [2.75, 3.05) is 5.32 Å². The summed E-state index contributed by atoms with van der Waals surface area (Å²) in [6, 6.07) is 18.5. The van der Waals surface area contributed by atoms with Crippen LogP contribution >= 0.6 is 34.8 Å². The number of nitrogens with one attached hydrogen (secondary N) is 2. The largest absolute Gasteiger partial charge is 0.325 e. The summed E-state index contributed by atoms with van der Waals surface area (Å²) in [4.78, 5) is 12.7. The first kappa shape index (κ1) is 22.6. The summed E-state index contributed by atoms with van der Waals surface area (Å²) in [6.07, 6.45) is -0.143. The summed E-state index contributed by atoms with van der Waals surface area (Å²) >= 11 is 17.8. The number of sulfonamides is 1. The van der Waals surface area contributed by atoms with Crippen molar-refractivity contribution in [2.45, 2.75) is 17.4 Å². The second-order valence-electron chi connectivity index (χ2n) is 6.41. The van der Waals surface area contributed by atoms with Crippen LogP contribution in [0.5, 0.6) is 0 Å². The lowest BCUT2D eigenvalue weighted by molar-refractivity contribution is -0.116. The molecule has 0 aliphatic rings. The van der Waals surface area contributed by atoms with E-state index in [2.05, 4.69) is 10.0 Å². The molecule has 2 N–H and O–H groups in total. The summed E-state index contributed by atoms with van der Waals surface area (Å²) in [7, 11) is -3.89. The van der Waals surface area contributed by atoms with Crippen LogP contribution < -0.4 is 10.0 Å². The normalized spacial score (nSPS) is 12.4. The van der Waals surface area contributed by atoms with Gasteiger partial charge in [-0.05, 0) is 48.0 Å². The Hall–Kier alpha value is -2.09. The van der Waals surface area contributed by atoms with Crippen molar-refractivity contribution < 1.29 is 13.2 Å². The Morgan fingerprint density at radius 2 is 1.50 bits per heavy atom. The maximum absolute atomic E-state index is 12.8. The van der Waals surface area contributed by atoms with E-state index in [0.717, 1.165) is 0 Å². The highest BCUT2D eigenvalue weighted by Gasteiger charge is 2.24. The average Bonchev–Trinajstić information content (AvgIpc) is 2.70. The van der Waals surface area contributed by atoms with Crippen LogP contribution in [-0.4, -0.2) is 14.3 Å². The van der Waals surface area contributed by atoms with Crippen LogP contribution in [-0.2, 0) is 14.8 Å². The van der Waals surface area contributed by atoms with Gasteiger partial charge in [-0.3, -0.25) is 4.79 Å². The Morgan fingerprint density at radius 1 is 0.867 bits per heavy atom. The highest BCUT2D eigenvalue weighted by molar-refractivity contribution is 7.89. The minimum Gasteiger partial charge on any atom is -0.325 e. The molecule has 0 saturated heterocycles. The van der Waals surface area contributed by atoms with Crippen LogP contribution in [0.4, 0.5) is 5.69 Å². The number of halogens is 3. The van der Waals surface area contributed by atoms with E-state index in [1.165, 1.54) is 30.3 Å². The molecule has 0 heterocycles. The van der Waals surface area contributed by atoms with E-state index in [9.17, 15) is 13.2 Å². The molecule has 0 aromatic heterocycles. The highest BCUT2D eigenvalue weighted by Crippen LogP contribution is 2.27. The van der Waals surface area contributed by atoms with E-state index >= 15 is 0 Å². The molecule has 0 bridgehead atoms. The molecule has 1 atom stereocenters. The molecule has 156 valence electrons. The first-order chi connectivity index (χ1) is 14.2. The molecule has 1 unspecified atom stereocenters. The van der Waals surface area contributed by atoms with Crippen molar-refractivity contribution in [1.29, 1.82) is 0 Å². The van der Waals surface area contributed by atoms with Crippen LogP contribution in [0, 0.1) is 0 Å². The minimum atomic E-state index is -3.89. The van der Waals surface area contributed by atoms with Crippen molar-refractivity contribution in [3.05, 3.63) is 93.4 Å². The summed E-state index contributed by atoms with van der Waals surface area (Å²) in [5.41, 5.74) is 1.03. The zero-order chi connectivity index (χ0) is 21.7. The standard InChI is InChI=1S/C21H17Cl3N2O3S/c22-15-6-9-17(10-7-15)30(28,29)26-20(14-4-2-1-3-5-14)13-21(27)25-19-11-8-16(23)12-18(19)24/h1-12,20,26H,13H2,(H,25,27). The first-order valence-electron chi connectivity index (χ1n) is 8.82. The Morgan fingerprint density at radius 3 is 2.13 bits per heavy atom. The van der Waals surface area contributed by atoms with Crippen LogP contribution in [0.25, 0.3) is 0 Å². The fraction of sp³-hybridized carbons (Fsp3) is 0.0952. The number of hydrogen-bond acceptors (Lipinski definition) is 3. The molecule has 30 heavy (non-hydrogen) atoms. The fourth-order valence-electron chi connectivity index (χ4n) is 2.76. The summed E-state index contributed by atoms with van der Waals surface area (Å²) < 4.78 is 28.3. The van der Waals surface area contributed by atoms with E-state index in [-0.39, 0.29) is 16.3 Å². The van der Waals surface area contributed by atoms with Crippen LogP contribution in [0.15, 0.2) is 77.7 Å². The second kappa shape index (κ2) is 9.81. The smallest absolute Gasteiger partial charge is 0.241 e. The first-order valence-corrected chi connectivity index (χ1v) is 11.4. The van der Waals surface area contributed by atoms with Crippen molar-refractivity contribution >= 4 is 56.4 Å². The molecular formula is C21H17Cl3N2O3S. The second-order valence-corrected chi connectivity index (χ2v) is 9.41. The Balaban J connectivity index is 1.82. The van der Waals surface area contributed by atoms with Crippen molar-refractivity contribution in [3.8, 4) is 0 Å². The number of anilines is 1. The molecule has 3 rings (SSSR count). The van der Waals surface area contributed by atoms with Gasteiger partial charge >= 0.3 is 0 Å². The zero-order valence-electron chi connectivity index (χ0n) is 15.5. The monoisotopic (exact) mass is 482 g/mol. The number of carbonyl (C=O) groups excluding carboxylic acids is 1. The minimum absolute atomic E-state index is 0.0500. The van der Waals surface area contributed by atoms with Gasteiger partial charge in [0.05, 0.1) is 21.6 Å². The Kier molecular flexibility index (Phi) is 7.39. The van der Waals surface area contributed by atoms with Gasteiger partial charge in [0.1, 0.15) is 0 Å². The topological polar surface area (TPSA) is 75.3 Å². The van der Waals surface area contributed by atoms with E-state index in [1.54, 1.807) is 36.4 Å². The summed E-state index contributed by atoms with van der Waals surface area (Å²) in [6.45, 7) is 0. The molecule has 3 aromatic rings. The zero-order valence-corrected chi connectivity index (χ0v) is 18.6. The lowest BCUT2D eigenvalue weighted by Crippen LogP contribution is -2.31. The average molecular weight is 484 g/mol. The predicted octanol–water partition coefficient (Wildman–Crippen LogP) is 5.70. The number of benzene rings is 3. The van der Waals surface area contributed by atoms with Crippen LogP contribution in [0.3, 0.4) is 0 Å². The molecular weight excluding hydrogens is 467 g/mol. The van der Waals surface area contributed by atoms with Crippen LogP contribution in [0.2, 0.25) is 15.1 Å². The number of rotatable bonds is 7. The summed E-state index contributed by atoms with van der Waals surface area (Å²) in [5, 5.41) is 3.84. The summed E-state index contributed by atoms with van der Waals surface area (Å²) in [5.74, 6) is -0.410. The fourth-order valence-corrected chi connectivity index (χ4v) is 4.57. The Labute approximate surface area is 190 Å². The van der Waals surface area contributed by atoms with Crippen molar-refractivity contribution in [1.82, 2.24) is 4.72 Å². The van der Waals surface area contributed by atoms with Gasteiger partial charge in [-0.1, -0.05) is 65.1 Å². The van der Waals surface area contributed by atoms with Crippen molar-refractivity contribution in [2.24, 2.45) is 0 Å². The number of hydrogen-bond donors (Lipinski definition) is 2. The maximum atomic E-state index is 12.8. The van der Waals surface area contributed by atoms with Gasteiger partial charge in [-0.2, -0.15) is 0 Å². The van der Waals surface area contributed by atoms with E-state index in [0.29, 0.717) is 21.3 Å². The van der Waals surface area contributed by atoms with Gasteiger partial charge in [-0.25, -0.2) is 13.1 Å². The van der Waals surface area contributed by atoms with Gasteiger partial charge in [0.25, 0.3) is 0 Å². The highest BCUT2D eigenvalue weighted by atomic mass is 35.5. The van der Waals surface area contributed by atoms with E-state index < -0.39 is 22.0 Å². The van der Waals surface area contributed by atoms with Gasteiger partial charge in [0.2, 0.25) is 15.9 Å². The molecule has 0 aliphatic carbocycles. The molecule has 0 radical (unpaired) electrons. The lowest BCUT2D eigenvalue weighted by atomic mass is 10.0. The lowest BCUT2D eigenvalue weighted by Gasteiger charge is -2.19. The van der Waals surface area contributed by atoms with Crippen LogP contribution in [0.1, 0.15) is 18.0 Å². The Bertz CT molecular complexity index is 1140. The van der Waals surface area contributed by atoms with Gasteiger partial charge in [-0.15, -0.1) is 0 Å². The van der Waals surface area contributed by atoms with Gasteiger partial charge in [0.15, 0.2) is 0 Å². The third kappa shape index (κ3) is 5.97. The van der Waals surface area contributed by atoms with Gasteiger partial charge < -0.3 is 5.32 Å². The maximum Gasteiger partial charge on any atom is 0.241 e. The van der Waals surface area contributed by atoms with Gasteiger partial charge in [0, 0.05) is 16.5 Å². The third-order valence-corrected chi connectivity index (χ3v) is 6.51. The van der Waals surface area contributed by atoms with E-state index in [1.807, 2.05) is 6.07 Å². The van der Waals surface area contributed by atoms with E-state index in [4.69, 9.17) is 34.8 Å². The number of carbonyl (C=O) groups is 1.